The average Bonchev–Trinajstić information content (AvgIpc) is 3.15. The van der Waals surface area contributed by atoms with Gasteiger partial charge in [0.15, 0.2) is 11.5 Å². The van der Waals surface area contributed by atoms with E-state index in [1.807, 2.05) is 25.1 Å². The van der Waals surface area contributed by atoms with Gasteiger partial charge in [0.05, 0.1) is 26.9 Å². The fourth-order valence-corrected chi connectivity index (χ4v) is 3.90. The minimum Gasteiger partial charge on any atom is -0.493 e. The van der Waals surface area contributed by atoms with Gasteiger partial charge in [0.2, 0.25) is 0 Å². The Morgan fingerprint density at radius 2 is 2.12 bits per heavy atom. The number of aromatic nitrogens is 1. The van der Waals surface area contributed by atoms with Gasteiger partial charge in [-0.1, -0.05) is 0 Å². The van der Waals surface area contributed by atoms with Gasteiger partial charge in [-0.2, -0.15) is 0 Å². The number of hydrogen-bond donors (Lipinski definition) is 2. The topological polar surface area (TPSA) is 61.6 Å². The zero-order valence-corrected chi connectivity index (χ0v) is 16.4. The number of nitrogens with one attached hydrogen (secondary N) is 1. The Bertz CT molecular complexity index is 686. The predicted molar refractivity (Wildman–Crippen MR) is 102 cm³/mol. The fourth-order valence-electron chi connectivity index (χ4n) is 3.07. The largest absolute Gasteiger partial charge is 0.493 e. The maximum Gasteiger partial charge on any atom is 0.161 e. The third-order valence-corrected chi connectivity index (χ3v) is 5.46. The first-order valence-corrected chi connectivity index (χ1v) is 10.2. The SMILES string of the molecule is CCOc1ccc(-c2nc(C[NH2+]CC[NH+]3CCOCC3)cs2)cc1OC. The molecule has 0 spiro atoms. The maximum atomic E-state index is 5.58. The number of thiazole rings is 1. The smallest absolute Gasteiger partial charge is 0.161 e. The standard InChI is InChI=1S/C19H27N3O3S/c1-3-25-17-5-4-15(12-18(17)23-2)19-21-16(14-26-19)13-20-6-7-22-8-10-24-11-9-22/h4-5,12,14,20H,3,6-11,13H2,1-2H3/p+2. The highest BCUT2D eigenvalue weighted by molar-refractivity contribution is 7.13. The quantitative estimate of drug-likeness (QED) is 0.611. The maximum absolute atomic E-state index is 5.58. The van der Waals surface area contributed by atoms with Crippen LogP contribution in [0.4, 0.5) is 0 Å². The lowest BCUT2D eigenvalue weighted by Crippen LogP contribution is -3.16. The van der Waals surface area contributed by atoms with Gasteiger partial charge in [-0.15, -0.1) is 11.3 Å². The lowest BCUT2D eigenvalue weighted by atomic mass is 10.2. The molecule has 1 aromatic heterocycles. The van der Waals surface area contributed by atoms with Crippen molar-refractivity contribution in [2.75, 3.05) is 53.1 Å². The lowest BCUT2D eigenvalue weighted by Gasteiger charge is -2.22. The van der Waals surface area contributed by atoms with E-state index in [1.165, 1.54) is 6.54 Å². The summed E-state index contributed by atoms with van der Waals surface area (Å²) in [6.07, 6.45) is 0. The monoisotopic (exact) mass is 379 g/mol. The Kier molecular flexibility index (Phi) is 7.25. The first-order valence-electron chi connectivity index (χ1n) is 9.28. The van der Waals surface area contributed by atoms with E-state index in [0.717, 1.165) is 67.2 Å². The molecule has 0 aliphatic carbocycles. The predicted octanol–water partition coefficient (Wildman–Crippen LogP) is 0.196. The molecule has 7 heteroatoms. The van der Waals surface area contributed by atoms with Crippen molar-refractivity contribution in [1.82, 2.24) is 4.98 Å². The van der Waals surface area contributed by atoms with Crippen LogP contribution in [0.2, 0.25) is 0 Å². The van der Waals surface area contributed by atoms with Crippen LogP contribution >= 0.6 is 11.3 Å². The first-order chi connectivity index (χ1) is 12.8. The van der Waals surface area contributed by atoms with Gasteiger partial charge >= 0.3 is 0 Å². The number of ether oxygens (including phenoxy) is 3. The number of nitrogens with zero attached hydrogens (tertiary/aromatic N) is 1. The van der Waals surface area contributed by atoms with Gasteiger partial charge in [-0.25, -0.2) is 4.98 Å². The second kappa shape index (κ2) is 9.87. The van der Waals surface area contributed by atoms with Crippen LogP contribution in [-0.2, 0) is 11.3 Å². The molecule has 142 valence electrons. The first kappa shape index (κ1) is 19.1. The van der Waals surface area contributed by atoms with Crippen LogP contribution in [0, 0.1) is 0 Å². The van der Waals surface area contributed by atoms with Crippen LogP contribution in [0.1, 0.15) is 12.6 Å². The van der Waals surface area contributed by atoms with E-state index in [9.17, 15) is 0 Å². The van der Waals surface area contributed by atoms with Crippen molar-refractivity contribution in [2.45, 2.75) is 13.5 Å². The van der Waals surface area contributed by atoms with E-state index in [4.69, 9.17) is 19.2 Å². The molecule has 0 amide bonds. The molecule has 0 unspecified atom stereocenters. The Labute approximate surface area is 159 Å². The summed E-state index contributed by atoms with van der Waals surface area (Å²) in [6.45, 7) is 9.90. The van der Waals surface area contributed by atoms with Gasteiger partial charge in [0.25, 0.3) is 0 Å². The molecule has 1 fully saturated rings. The molecule has 0 bridgehead atoms. The van der Waals surface area contributed by atoms with Crippen LogP contribution in [0.25, 0.3) is 10.6 Å². The van der Waals surface area contributed by atoms with Gasteiger partial charge in [-0.05, 0) is 25.1 Å². The van der Waals surface area contributed by atoms with Crippen molar-refractivity contribution in [3.63, 3.8) is 0 Å². The van der Waals surface area contributed by atoms with E-state index in [0.29, 0.717) is 6.61 Å². The minimum absolute atomic E-state index is 0.624. The average molecular weight is 380 g/mol. The van der Waals surface area contributed by atoms with E-state index >= 15 is 0 Å². The molecule has 1 aliphatic heterocycles. The Balaban J connectivity index is 1.52. The third kappa shape index (κ3) is 5.17. The minimum atomic E-state index is 0.624. The fraction of sp³-hybridized carbons (Fsp3) is 0.526. The molecule has 3 rings (SSSR count). The number of benzene rings is 1. The summed E-state index contributed by atoms with van der Waals surface area (Å²) in [5.74, 6) is 1.52. The highest BCUT2D eigenvalue weighted by atomic mass is 32.1. The lowest BCUT2D eigenvalue weighted by molar-refractivity contribution is -0.920. The molecule has 2 aromatic rings. The molecule has 1 aromatic carbocycles. The second-order valence-electron chi connectivity index (χ2n) is 6.34. The number of nitrogens with two attached hydrogens (primary N) is 1. The Hall–Kier alpha value is -1.67. The third-order valence-electron chi connectivity index (χ3n) is 4.52. The van der Waals surface area contributed by atoms with Crippen molar-refractivity contribution >= 4 is 11.3 Å². The zero-order valence-electron chi connectivity index (χ0n) is 15.6. The van der Waals surface area contributed by atoms with Crippen LogP contribution in [0.15, 0.2) is 23.6 Å². The number of quaternary nitrogens is 2. The summed E-state index contributed by atoms with van der Waals surface area (Å²) in [5.41, 5.74) is 2.20. The number of hydrogen-bond acceptors (Lipinski definition) is 5. The van der Waals surface area contributed by atoms with Crippen LogP contribution in [0.5, 0.6) is 11.5 Å². The van der Waals surface area contributed by atoms with E-state index in [2.05, 4.69) is 10.7 Å². The molecular weight excluding hydrogens is 350 g/mol. The molecule has 1 saturated heterocycles. The summed E-state index contributed by atoms with van der Waals surface area (Å²) in [5, 5.41) is 5.52. The van der Waals surface area contributed by atoms with Gasteiger partial charge in [0.1, 0.15) is 43.4 Å². The van der Waals surface area contributed by atoms with Crippen molar-refractivity contribution in [3.05, 3.63) is 29.3 Å². The molecular formula is C19H29N3O3S+2. The van der Waals surface area contributed by atoms with Crippen molar-refractivity contribution in [3.8, 4) is 22.1 Å². The summed E-state index contributed by atoms with van der Waals surface area (Å²) >= 11 is 1.68. The second-order valence-corrected chi connectivity index (χ2v) is 7.19. The van der Waals surface area contributed by atoms with Crippen LogP contribution < -0.4 is 19.7 Å². The number of morpholine rings is 1. The van der Waals surface area contributed by atoms with Crippen molar-refractivity contribution in [2.24, 2.45) is 0 Å². The van der Waals surface area contributed by atoms with E-state index in [-0.39, 0.29) is 0 Å². The van der Waals surface area contributed by atoms with Crippen molar-refractivity contribution in [1.29, 1.82) is 0 Å². The van der Waals surface area contributed by atoms with Gasteiger partial charge in [-0.3, -0.25) is 0 Å². The summed E-state index contributed by atoms with van der Waals surface area (Å²) in [6, 6.07) is 6.00. The zero-order chi connectivity index (χ0) is 18.2. The number of methoxy groups -OCH3 is 1. The highest BCUT2D eigenvalue weighted by Crippen LogP contribution is 2.33. The molecule has 0 atom stereocenters. The van der Waals surface area contributed by atoms with Gasteiger partial charge in [0, 0.05) is 10.9 Å². The Morgan fingerprint density at radius 1 is 1.27 bits per heavy atom. The normalized spacial score (nSPS) is 15.2. The molecule has 26 heavy (non-hydrogen) atoms. The van der Waals surface area contributed by atoms with E-state index < -0.39 is 0 Å². The molecule has 6 nitrogen and oxygen atoms in total. The van der Waals surface area contributed by atoms with Gasteiger partial charge < -0.3 is 24.4 Å². The number of rotatable bonds is 9. The van der Waals surface area contributed by atoms with E-state index in [1.54, 1.807) is 23.3 Å². The van der Waals surface area contributed by atoms with Crippen LogP contribution in [-0.4, -0.2) is 58.1 Å². The summed E-state index contributed by atoms with van der Waals surface area (Å²) in [4.78, 5) is 6.43. The summed E-state index contributed by atoms with van der Waals surface area (Å²) in [7, 11) is 1.67. The summed E-state index contributed by atoms with van der Waals surface area (Å²) < 4.78 is 16.4. The molecule has 3 N–H and O–H groups in total. The Morgan fingerprint density at radius 3 is 2.88 bits per heavy atom. The highest BCUT2D eigenvalue weighted by Gasteiger charge is 2.14. The van der Waals surface area contributed by atoms with Crippen LogP contribution in [0.3, 0.4) is 0 Å². The molecule has 2 heterocycles. The van der Waals surface area contributed by atoms with Crippen molar-refractivity contribution < 1.29 is 24.4 Å². The molecule has 0 saturated carbocycles. The molecule has 0 radical (unpaired) electrons. The molecule has 1 aliphatic rings.